The predicted molar refractivity (Wildman–Crippen MR) is 67.3 cm³/mol. The van der Waals surface area contributed by atoms with E-state index >= 15 is 0 Å². The summed E-state index contributed by atoms with van der Waals surface area (Å²) in [5.74, 6) is 0.106. The maximum Gasteiger partial charge on any atom is 0.234 e. The van der Waals surface area contributed by atoms with Gasteiger partial charge >= 0.3 is 0 Å². The van der Waals surface area contributed by atoms with Crippen molar-refractivity contribution in [3.63, 3.8) is 0 Å². The van der Waals surface area contributed by atoms with Gasteiger partial charge in [0.2, 0.25) is 5.91 Å². The Labute approximate surface area is 99.4 Å². The number of carbonyl (C=O) groups excluding carboxylic acids is 1. The third kappa shape index (κ3) is 4.12. The van der Waals surface area contributed by atoms with Crippen LogP contribution in [0.4, 0.5) is 0 Å². The topological polar surface area (TPSA) is 41.1 Å². The Bertz CT molecular complexity index is 244. The van der Waals surface area contributed by atoms with E-state index in [1.807, 2.05) is 0 Å². The van der Waals surface area contributed by atoms with Gasteiger partial charge in [0.05, 0.1) is 6.54 Å². The van der Waals surface area contributed by atoms with Gasteiger partial charge in [0.15, 0.2) is 0 Å². The summed E-state index contributed by atoms with van der Waals surface area (Å²) in [5, 5.41) is 6.29. The molecule has 0 aromatic carbocycles. The van der Waals surface area contributed by atoms with Crippen molar-refractivity contribution in [1.29, 1.82) is 0 Å². The molecule has 0 atom stereocenters. The Kier molecular flexibility index (Phi) is 4.36. The highest BCUT2D eigenvalue weighted by molar-refractivity contribution is 5.78. The zero-order chi connectivity index (χ0) is 12.2. The molecule has 3 heteroatoms. The first kappa shape index (κ1) is 13.5. The average molecular weight is 226 g/mol. The molecule has 94 valence electrons. The third-order valence-electron chi connectivity index (χ3n) is 3.76. The summed E-state index contributed by atoms with van der Waals surface area (Å²) in [4.78, 5) is 11.6. The number of hydrogen-bond donors (Lipinski definition) is 2. The zero-order valence-corrected chi connectivity index (χ0v) is 11.2. The minimum absolute atomic E-state index is 0.0842. The molecule has 0 unspecified atom stereocenters. The fourth-order valence-corrected chi connectivity index (χ4v) is 1.94. The molecule has 0 aromatic rings. The van der Waals surface area contributed by atoms with Crippen LogP contribution in [0.3, 0.4) is 0 Å². The van der Waals surface area contributed by atoms with Crippen molar-refractivity contribution < 1.29 is 4.79 Å². The van der Waals surface area contributed by atoms with Crippen molar-refractivity contribution in [3.05, 3.63) is 0 Å². The van der Waals surface area contributed by atoms with E-state index in [4.69, 9.17) is 0 Å². The molecule has 0 aromatic heterocycles. The number of hydrogen-bond acceptors (Lipinski definition) is 2. The fraction of sp³-hybridized carbons (Fsp3) is 0.923. The lowest BCUT2D eigenvalue weighted by Crippen LogP contribution is -2.48. The molecule has 0 heterocycles. The highest BCUT2D eigenvalue weighted by Crippen LogP contribution is 2.39. The van der Waals surface area contributed by atoms with Gasteiger partial charge in [-0.2, -0.15) is 0 Å². The van der Waals surface area contributed by atoms with E-state index in [2.05, 4.69) is 38.3 Å². The van der Waals surface area contributed by atoms with Crippen molar-refractivity contribution in [2.24, 2.45) is 5.41 Å². The SMILES string of the molecule is CCC(C)(C)NC(=O)CNCC1(C)CCC1. The first-order chi connectivity index (χ1) is 7.37. The quantitative estimate of drug-likeness (QED) is 0.728. The maximum absolute atomic E-state index is 11.6. The van der Waals surface area contributed by atoms with Gasteiger partial charge in [-0.25, -0.2) is 0 Å². The maximum atomic E-state index is 11.6. The van der Waals surface area contributed by atoms with Crippen LogP contribution in [-0.4, -0.2) is 24.5 Å². The van der Waals surface area contributed by atoms with Crippen LogP contribution in [0.1, 0.15) is 53.4 Å². The Morgan fingerprint density at radius 2 is 2.00 bits per heavy atom. The molecular weight excluding hydrogens is 200 g/mol. The average Bonchev–Trinajstić information content (AvgIpc) is 2.14. The van der Waals surface area contributed by atoms with Gasteiger partial charge < -0.3 is 10.6 Å². The minimum Gasteiger partial charge on any atom is -0.350 e. The molecule has 1 fully saturated rings. The summed E-state index contributed by atoms with van der Waals surface area (Å²) >= 11 is 0. The van der Waals surface area contributed by atoms with Crippen LogP contribution >= 0.6 is 0 Å². The first-order valence-corrected chi connectivity index (χ1v) is 6.39. The molecule has 1 aliphatic carbocycles. The third-order valence-corrected chi connectivity index (χ3v) is 3.76. The van der Waals surface area contributed by atoms with Crippen LogP contribution in [0.25, 0.3) is 0 Å². The van der Waals surface area contributed by atoms with Crippen LogP contribution in [0.15, 0.2) is 0 Å². The van der Waals surface area contributed by atoms with Crippen molar-refractivity contribution in [1.82, 2.24) is 10.6 Å². The van der Waals surface area contributed by atoms with Gasteiger partial charge in [-0.05, 0) is 38.5 Å². The fourth-order valence-electron chi connectivity index (χ4n) is 1.94. The van der Waals surface area contributed by atoms with Crippen molar-refractivity contribution in [2.45, 2.75) is 58.9 Å². The Hall–Kier alpha value is -0.570. The molecule has 1 saturated carbocycles. The van der Waals surface area contributed by atoms with Gasteiger partial charge in [0, 0.05) is 12.1 Å². The van der Waals surface area contributed by atoms with E-state index in [9.17, 15) is 4.79 Å². The van der Waals surface area contributed by atoms with Crippen molar-refractivity contribution >= 4 is 5.91 Å². The first-order valence-electron chi connectivity index (χ1n) is 6.39. The van der Waals surface area contributed by atoms with Crippen LogP contribution in [0.5, 0.6) is 0 Å². The van der Waals surface area contributed by atoms with Gasteiger partial charge in [0.1, 0.15) is 0 Å². The lowest BCUT2D eigenvalue weighted by atomic mass is 9.70. The van der Waals surface area contributed by atoms with Crippen molar-refractivity contribution in [2.75, 3.05) is 13.1 Å². The van der Waals surface area contributed by atoms with Gasteiger partial charge in [-0.1, -0.05) is 20.3 Å². The van der Waals surface area contributed by atoms with E-state index in [0.29, 0.717) is 12.0 Å². The number of carbonyl (C=O) groups is 1. The van der Waals surface area contributed by atoms with Gasteiger partial charge in [-0.15, -0.1) is 0 Å². The van der Waals surface area contributed by atoms with E-state index in [0.717, 1.165) is 13.0 Å². The van der Waals surface area contributed by atoms with Crippen LogP contribution in [0.2, 0.25) is 0 Å². The summed E-state index contributed by atoms with van der Waals surface area (Å²) in [5.41, 5.74) is 0.361. The second kappa shape index (κ2) is 5.17. The summed E-state index contributed by atoms with van der Waals surface area (Å²) in [7, 11) is 0. The summed E-state index contributed by atoms with van der Waals surface area (Å²) in [6.45, 7) is 9.89. The molecule has 2 N–H and O–H groups in total. The molecular formula is C13H26N2O. The lowest BCUT2D eigenvalue weighted by Gasteiger charge is -2.38. The molecule has 16 heavy (non-hydrogen) atoms. The molecule has 1 amide bonds. The van der Waals surface area contributed by atoms with Crippen LogP contribution < -0.4 is 10.6 Å². The predicted octanol–water partition coefficient (Wildman–Crippen LogP) is 2.07. The monoisotopic (exact) mass is 226 g/mol. The van der Waals surface area contributed by atoms with Gasteiger partial charge in [0.25, 0.3) is 0 Å². The second-order valence-corrected chi connectivity index (χ2v) is 6.05. The number of nitrogens with one attached hydrogen (secondary N) is 2. The lowest BCUT2D eigenvalue weighted by molar-refractivity contribution is -0.121. The highest BCUT2D eigenvalue weighted by Gasteiger charge is 2.31. The molecule has 0 saturated heterocycles. The Morgan fingerprint density at radius 1 is 1.38 bits per heavy atom. The largest absolute Gasteiger partial charge is 0.350 e. The highest BCUT2D eigenvalue weighted by atomic mass is 16.2. The van der Waals surface area contributed by atoms with E-state index < -0.39 is 0 Å². The molecule has 3 nitrogen and oxygen atoms in total. The molecule has 1 aliphatic rings. The Balaban J connectivity index is 2.15. The van der Waals surface area contributed by atoms with Crippen LogP contribution in [0, 0.1) is 5.41 Å². The molecule has 0 bridgehead atoms. The smallest absolute Gasteiger partial charge is 0.234 e. The minimum atomic E-state index is -0.0842. The summed E-state index contributed by atoms with van der Waals surface area (Å²) < 4.78 is 0. The van der Waals surface area contributed by atoms with E-state index in [1.54, 1.807) is 0 Å². The standard InChI is InChI=1S/C13H26N2O/c1-5-12(2,3)15-11(16)9-14-10-13(4)7-6-8-13/h14H,5-10H2,1-4H3,(H,15,16). The van der Waals surface area contributed by atoms with Crippen LogP contribution in [-0.2, 0) is 4.79 Å². The normalized spacial score (nSPS) is 19.0. The number of rotatable bonds is 6. The zero-order valence-electron chi connectivity index (χ0n) is 11.2. The second-order valence-electron chi connectivity index (χ2n) is 6.05. The summed E-state index contributed by atoms with van der Waals surface area (Å²) in [6, 6.07) is 0. The number of amides is 1. The van der Waals surface area contributed by atoms with E-state index in [1.165, 1.54) is 19.3 Å². The molecule has 0 spiro atoms. The molecule has 0 aliphatic heterocycles. The Morgan fingerprint density at radius 3 is 2.44 bits per heavy atom. The van der Waals surface area contributed by atoms with Crippen molar-refractivity contribution in [3.8, 4) is 0 Å². The summed E-state index contributed by atoms with van der Waals surface area (Å²) in [6.07, 6.45) is 4.88. The van der Waals surface area contributed by atoms with E-state index in [-0.39, 0.29) is 11.4 Å². The molecule has 0 radical (unpaired) electrons. The van der Waals surface area contributed by atoms with Gasteiger partial charge in [-0.3, -0.25) is 4.79 Å². The molecule has 1 rings (SSSR count).